The molecule has 2 aliphatic carbocycles. The van der Waals surface area contributed by atoms with Crippen LogP contribution in [0.4, 0.5) is 17.1 Å². The van der Waals surface area contributed by atoms with Gasteiger partial charge in [-0.15, -0.1) is 0 Å². The molecule has 0 saturated heterocycles. The lowest BCUT2D eigenvalue weighted by Crippen LogP contribution is -2.49. The Labute approximate surface area is 275 Å². The average molecular weight is 606 g/mol. The molecule has 2 aliphatic rings. The summed E-state index contributed by atoms with van der Waals surface area (Å²) in [5.74, 6) is 0. The second kappa shape index (κ2) is 10.5. The van der Waals surface area contributed by atoms with E-state index >= 15 is 0 Å². The number of fused-ring (bicyclic) bond motifs is 6. The van der Waals surface area contributed by atoms with Crippen LogP contribution in [0, 0.1) is 0 Å². The summed E-state index contributed by atoms with van der Waals surface area (Å²) >= 11 is 0. The van der Waals surface area contributed by atoms with Gasteiger partial charge in [-0.3, -0.25) is 0 Å². The van der Waals surface area contributed by atoms with Gasteiger partial charge in [-0.25, -0.2) is 0 Å². The summed E-state index contributed by atoms with van der Waals surface area (Å²) in [5.41, 5.74) is 13.4. The highest BCUT2D eigenvalue weighted by Gasteiger charge is 2.38. The minimum absolute atomic E-state index is 0.0936. The lowest BCUT2D eigenvalue weighted by Gasteiger charge is -2.37. The number of anilines is 3. The van der Waals surface area contributed by atoms with E-state index in [1.807, 2.05) is 13.8 Å². The molecule has 0 bridgehead atoms. The zero-order chi connectivity index (χ0) is 32.6. The second-order valence-corrected chi connectivity index (χ2v) is 15.2. The van der Waals surface area contributed by atoms with Crippen molar-refractivity contribution in [2.45, 2.75) is 77.4 Å². The molecular formula is C42H44BNO2. The van der Waals surface area contributed by atoms with E-state index in [-0.39, 0.29) is 10.8 Å². The van der Waals surface area contributed by atoms with Crippen molar-refractivity contribution in [1.29, 1.82) is 0 Å². The van der Waals surface area contributed by atoms with Crippen LogP contribution in [0.15, 0.2) is 109 Å². The summed E-state index contributed by atoms with van der Waals surface area (Å²) in [7, 11) is 0.424. The van der Waals surface area contributed by atoms with Crippen molar-refractivity contribution in [3.63, 3.8) is 0 Å². The van der Waals surface area contributed by atoms with Crippen molar-refractivity contribution in [3.05, 3.63) is 131 Å². The van der Waals surface area contributed by atoms with Crippen molar-refractivity contribution >= 4 is 30.0 Å². The fraction of sp³-hybridized carbons (Fsp3) is 0.286. The number of rotatable bonds is 7. The molecular weight excluding hydrogens is 561 g/mol. The molecule has 0 spiro atoms. The molecule has 0 radical (unpaired) electrons. The molecule has 3 nitrogen and oxygen atoms in total. The third-order valence-electron chi connectivity index (χ3n) is 10.9. The van der Waals surface area contributed by atoms with Crippen molar-refractivity contribution < 1.29 is 9.76 Å². The summed E-state index contributed by atoms with van der Waals surface area (Å²) in [6.45, 7) is 16.8. The Hall–Kier alpha value is -4.12. The van der Waals surface area contributed by atoms with E-state index in [2.05, 4.69) is 142 Å². The van der Waals surface area contributed by atoms with Crippen molar-refractivity contribution in [2.75, 3.05) is 4.90 Å². The Balaban J connectivity index is 1.32. The van der Waals surface area contributed by atoms with Gasteiger partial charge in [0.05, 0.1) is 11.2 Å². The molecule has 4 heteroatoms. The smallest absolute Gasteiger partial charge is 0.309 e. The van der Waals surface area contributed by atoms with Crippen LogP contribution in [0.3, 0.4) is 0 Å². The summed E-state index contributed by atoms with van der Waals surface area (Å²) in [4.78, 5) is 2.39. The van der Waals surface area contributed by atoms with Gasteiger partial charge >= 0.3 is 7.48 Å². The summed E-state index contributed by atoms with van der Waals surface area (Å²) in [5, 5.41) is 10.6. The number of aliphatic hydroxyl groups is 1. The lowest BCUT2D eigenvalue weighted by molar-refractivity contribution is -0.0893. The Morgan fingerprint density at radius 2 is 0.957 bits per heavy atom. The first-order valence-electron chi connectivity index (χ1n) is 16.4. The van der Waals surface area contributed by atoms with Crippen LogP contribution < -0.4 is 10.4 Å². The first-order chi connectivity index (χ1) is 21.7. The van der Waals surface area contributed by atoms with Gasteiger partial charge in [0, 0.05) is 27.9 Å². The van der Waals surface area contributed by atoms with Gasteiger partial charge in [-0.2, -0.15) is 0 Å². The first-order valence-corrected chi connectivity index (χ1v) is 16.4. The molecule has 0 aliphatic heterocycles. The van der Waals surface area contributed by atoms with E-state index in [1.54, 1.807) is 13.8 Å². The highest BCUT2D eigenvalue weighted by molar-refractivity contribution is 6.47. The summed E-state index contributed by atoms with van der Waals surface area (Å²) < 4.78 is 6.19. The molecule has 5 aromatic rings. The van der Waals surface area contributed by atoms with Crippen LogP contribution in [0.2, 0.25) is 0 Å². The summed E-state index contributed by atoms with van der Waals surface area (Å²) in [6, 6.07) is 40.2. The third-order valence-corrected chi connectivity index (χ3v) is 10.9. The molecule has 1 N–H and O–H groups in total. The Morgan fingerprint density at radius 1 is 0.543 bits per heavy atom. The maximum Gasteiger partial charge on any atom is 0.309 e. The van der Waals surface area contributed by atoms with Crippen LogP contribution in [0.1, 0.15) is 77.6 Å². The average Bonchev–Trinajstić information content (AvgIpc) is 3.40. The number of benzene rings is 5. The monoisotopic (exact) mass is 605 g/mol. The van der Waals surface area contributed by atoms with Crippen LogP contribution in [0.25, 0.3) is 22.3 Å². The minimum Gasteiger partial charge on any atom is -0.427 e. The van der Waals surface area contributed by atoms with Gasteiger partial charge in [-0.1, -0.05) is 106 Å². The third kappa shape index (κ3) is 4.73. The second-order valence-electron chi connectivity index (χ2n) is 15.2. The molecule has 0 fully saturated rings. The fourth-order valence-electron chi connectivity index (χ4n) is 7.29. The minimum atomic E-state index is -0.953. The van der Waals surface area contributed by atoms with Crippen molar-refractivity contribution in [1.82, 2.24) is 0 Å². The van der Waals surface area contributed by atoms with Gasteiger partial charge in [-0.05, 0) is 109 Å². The predicted molar refractivity (Wildman–Crippen MR) is 194 cm³/mol. The molecule has 0 saturated carbocycles. The molecule has 0 heterocycles. The van der Waals surface area contributed by atoms with Crippen LogP contribution >= 0.6 is 0 Å². The SMILES string of the molecule is CC1(C)c2ccccc2-c2ccc(N(c3ccc(BOC(C)(C)C(C)(C)O)cc3)c3ccc4c(c3)C(C)(C)c3ccccc3-4)cc21. The van der Waals surface area contributed by atoms with Gasteiger partial charge in [0.2, 0.25) is 0 Å². The Bertz CT molecular complexity index is 1860. The van der Waals surface area contributed by atoms with E-state index in [9.17, 15) is 5.11 Å². The van der Waals surface area contributed by atoms with E-state index in [1.165, 1.54) is 44.5 Å². The van der Waals surface area contributed by atoms with Crippen molar-refractivity contribution in [2.24, 2.45) is 0 Å². The van der Waals surface area contributed by atoms with E-state index in [0.717, 1.165) is 22.5 Å². The quantitative estimate of drug-likeness (QED) is 0.188. The highest BCUT2D eigenvalue weighted by atomic mass is 16.5. The highest BCUT2D eigenvalue weighted by Crippen LogP contribution is 2.52. The van der Waals surface area contributed by atoms with Crippen LogP contribution in [-0.4, -0.2) is 23.8 Å². The molecule has 232 valence electrons. The number of hydrogen-bond donors (Lipinski definition) is 1. The lowest BCUT2D eigenvalue weighted by atomic mass is 9.82. The Morgan fingerprint density at radius 3 is 1.41 bits per heavy atom. The van der Waals surface area contributed by atoms with E-state index in [4.69, 9.17) is 4.65 Å². The molecule has 0 aromatic heterocycles. The number of nitrogens with zero attached hydrogens (tertiary/aromatic N) is 1. The normalized spacial score (nSPS) is 15.5. The van der Waals surface area contributed by atoms with E-state index < -0.39 is 11.2 Å². The first kappa shape index (κ1) is 30.5. The van der Waals surface area contributed by atoms with E-state index in [0.29, 0.717) is 7.48 Å². The van der Waals surface area contributed by atoms with Crippen LogP contribution in [-0.2, 0) is 15.5 Å². The molecule has 7 rings (SSSR count). The maximum absolute atomic E-state index is 10.6. The molecule has 5 aromatic carbocycles. The molecule has 0 amide bonds. The number of hydrogen-bond acceptors (Lipinski definition) is 3. The van der Waals surface area contributed by atoms with Gasteiger partial charge in [0.15, 0.2) is 0 Å². The van der Waals surface area contributed by atoms with Gasteiger partial charge < -0.3 is 14.7 Å². The standard InChI is InChI=1S/C42H44BNO2/c1-39(2)35-15-11-9-13-31(35)33-23-21-29(25-37(33)39)44(28-19-17-27(18-20-28)43-46-42(7,8)41(5,6)45)30-22-24-34-32-14-10-12-16-36(32)40(3,4)38(34)26-30/h9-26,43,45H,1-8H3. The molecule has 0 atom stereocenters. The zero-order valence-electron chi connectivity index (χ0n) is 28.4. The zero-order valence-corrected chi connectivity index (χ0v) is 28.4. The largest absolute Gasteiger partial charge is 0.427 e. The fourth-order valence-corrected chi connectivity index (χ4v) is 7.29. The Kier molecular flexibility index (Phi) is 6.94. The van der Waals surface area contributed by atoms with Gasteiger partial charge in [0.25, 0.3) is 0 Å². The summed E-state index contributed by atoms with van der Waals surface area (Å²) in [6.07, 6.45) is 0. The van der Waals surface area contributed by atoms with Crippen LogP contribution in [0.5, 0.6) is 0 Å². The predicted octanol–water partition coefficient (Wildman–Crippen LogP) is 9.31. The maximum atomic E-state index is 10.6. The topological polar surface area (TPSA) is 32.7 Å². The molecule has 46 heavy (non-hydrogen) atoms. The van der Waals surface area contributed by atoms with Crippen molar-refractivity contribution in [3.8, 4) is 22.3 Å². The molecule has 0 unspecified atom stereocenters. The van der Waals surface area contributed by atoms with Gasteiger partial charge in [0.1, 0.15) is 0 Å².